The number of rotatable bonds is 14. The number of methoxy groups -OCH3 is 1. The molecule has 12 heteroatoms. The molecule has 1 aliphatic heterocycles. The summed E-state index contributed by atoms with van der Waals surface area (Å²) in [6.45, 7) is 3.33. The van der Waals surface area contributed by atoms with Gasteiger partial charge in [-0.15, -0.1) is 0 Å². The number of aliphatic hydroxyl groups is 1. The molecule has 2 heterocycles. The lowest BCUT2D eigenvalue weighted by molar-refractivity contribution is -0.235. The van der Waals surface area contributed by atoms with Crippen LogP contribution in [0, 0.1) is 0 Å². The Labute approximate surface area is 271 Å². The van der Waals surface area contributed by atoms with E-state index in [-0.39, 0.29) is 32.5 Å². The number of carbonyl (C=O) groups excluding carboxylic acids is 1. The lowest BCUT2D eigenvalue weighted by Gasteiger charge is -2.37. The first kappa shape index (κ1) is 33.7. The molecule has 2 N–H and O–H groups in total. The number of aromatic amines is 1. The highest BCUT2D eigenvalue weighted by Crippen LogP contribution is 2.42. The second kappa shape index (κ2) is 14.9. The normalized spacial score (nSPS) is 19.2. The summed E-state index contributed by atoms with van der Waals surface area (Å²) in [5.41, 5.74) is 0.00140. The maximum Gasteiger partial charge on any atom is 0.347 e. The summed E-state index contributed by atoms with van der Waals surface area (Å²) in [5.74, 6) is -1.53. The van der Waals surface area contributed by atoms with Crippen molar-refractivity contribution in [3.05, 3.63) is 129 Å². The van der Waals surface area contributed by atoms with Crippen LogP contribution in [0.4, 0.5) is 0 Å². The summed E-state index contributed by atoms with van der Waals surface area (Å²) in [6.07, 6.45) is -1.60. The molecule has 1 aromatic heterocycles. The average molecular weight is 646 g/mol. The molecular formula is C35H39N3O9. The first-order valence-electron chi connectivity index (χ1n) is 15.4. The Morgan fingerprint density at radius 3 is 2.19 bits per heavy atom. The highest BCUT2D eigenvalue weighted by atomic mass is 16.7. The zero-order valence-electron chi connectivity index (χ0n) is 26.5. The molecule has 0 radical (unpaired) electrons. The summed E-state index contributed by atoms with van der Waals surface area (Å²) < 4.78 is 31.0. The highest BCUT2D eigenvalue weighted by molar-refractivity contribution is 5.69. The van der Waals surface area contributed by atoms with Gasteiger partial charge in [-0.25, -0.2) is 4.79 Å². The van der Waals surface area contributed by atoms with E-state index < -0.39 is 47.0 Å². The first-order valence-corrected chi connectivity index (χ1v) is 15.4. The molecule has 5 rings (SSSR count). The minimum absolute atomic E-state index is 0.0404. The molecule has 0 unspecified atom stereocenters. The fourth-order valence-electron chi connectivity index (χ4n) is 5.77. The van der Waals surface area contributed by atoms with Gasteiger partial charge in [-0.05, 0) is 42.7 Å². The number of aromatic nitrogens is 3. The molecule has 0 aliphatic carbocycles. The van der Waals surface area contributed by atoms with Gasteiger partial charge in [0.15, 0.2) is 12.0 Å². The summed E-state index contributed by atoms with van der Waals surface area (Å²) in [6, 6.07) is 27.1. The molecule has 0 amide bonds. The van der Waals surface area contributed by atoms with Gasteiger partial charge >= 0.3 is 11.7 Å². The third-order valence-corrected chi connectivity index (χ3v) is 8.02. The van der Waals surface area contributed by atoms with Gasteiger partial charge in [-0.3, -0.25) is 14.6 Å². The molecule has 4 atom stereocenters. The van der Waals surface area contributed by atoms with Crippen molar-refractivity contribution in [2.75, 3.05) is 20.3 Å². The molecular weight excluding hydrogens is 606 g/mol. The molecule has 1 aliphatic rings. The molecule has 0 bridgehead atoms. The van der Waals surface area contributed by atoms with Crippen molar-refractivity contribution in [2.24, 2.45) is 0 Å². The zero-order valence-corrected chi connectivity index (χ0v) is 26.5. The van der Waals surface area contributed by atoms with Crippen molar-refractivity contribution in [1.29, 1.82) is 0 Å². The molecule has 0 saturated carbocycles. The summed E-state index contributed by atoms with van der Waals surface area (Å²) in [7, 11) is 1.60. The third-order valence-electron chi connectivity index (χ3n) is 8.02. The van der Waals surface area contributed by atoms with Crippen LogP contribution in [0.2, 0.25) is 0 Å². The van der Waals surface area contributed by atoms with Crippen LogP contribution in [0.3, 0.4) is 0 Å². The van der Waals surface area contributed by atoms with Gasteiger partial charge in [0, 0.05) is 12.8 Å². The van der Waals surface area contributed by atoms with Crippen LogP contribution in [0.5, 0.6) is 5.75 Å². The Hall–Kier alpha value is -4.62. The predicted molar refractivity (Wildman–Crippen MR) is 171 cm³/mol. The van der Waals surface area contributed by atoms with E-state index in [4.69, 9.17) is 23.7 Å². The van der Waals surface area contributed by atoms with Crippen LogP contribution in [-0.2, 0) is 29.3 Å². The third kappa shape index (κ3) is 7.86. The summed E-state index contributed by atoms with van der Waals surface area (Å²) in [5, 5.41) is 15.2. The quantitative estimate of drug-likeness (QED) is 0.118. The number of esters is 1. The first-order chi connectivity index (χ1) is 22.6. The van der Waals surface area contributed by atoms with E-state index in [1.807, 2.05) is 84.9 Å². The Kier molecular flexibility index (Phi) is 10.7. The minimum atomic E-state index is -1.75. The van der Waals surface area contributed by atoms with Crippen molar-refractivity contribution in [1.82, 2.24) is 14.8 Å². The second-order valence-electron chi connectivity index (χ2n) is 11.3. The van der Waals surface area contributed by atoms with Gasteiger partial charge in [0.05, 0.1) is 32.8 Å². The molecule has 1 fully saturated rings. The number of hydrogen-bond donors (Lipinski definition) is 2. The van der Waals surface area contributed by atoms with Crippen molar-refractivity contribution in [3.63, 3.8) is 0 Å². The zero-order chi connectivity index (χ0) is 33.4. The van der Waals surface area contributed by atoms with Crippen LogP contribution in [0.25, 0.3) is 0 Å². The molecule has 47 heavy (non-hydrogen) atoms. The lowest BCUT2D eigenvalue weighted by atomic mass is 9.80. The highest BCUT2D eigenvalue weighted by Gasteiger charge is 2.45. The van der Waals surface area contributed by atoms with Gasteiger partial charge in [-0.2, -0.15) is 9.78 Å². The van der Waals surface area contributed by atoms with E-state index in [0.29, 0.717) is 5.75 Å². The standard InChI is InChI=1S/C35H39N3O9/c1-4-44-32(40)19-20-34(2,42)47-28-21-31(38-33(41)37-30(39)22-36-38)46-29(28)23-45-35(24-11-7-5-8-12-24,25-13-9-6-10-14-25)26-15-17-27(43-3)18-16-26/h5-18,22,28-29,31,42H,4,19-21,23H2,1-3H3,(H,37,39,41)/t28-,29-,31-,34+/m1/s1. The average Bonchev–Trinajstić information content (AvgIpc) is 3.46. The van der Waals surface area contributed by atoms with E-state index in [2.05, 4.69) is 10.1 Å². The molecule has 3 aromatic carbocycles. The second-order valence-corrected chi connectivity index (χ2v) is 11.3. The Balaban J connectivity index is 1.52. The maximum absolute atomic E-state index is 12.7. The van der Waals surface area contributed by atoms with Crippen molar-refractivity contribution < 1.29 is 33.6 Å². The van der Waals surface area contributed by atoms with Crippen LogP contribution < -0.4 is 16.0 Å². The van der Waals surface area contributed by atoms with Gasteiger partial charge in [0.1, 0.15) is 23.7 Å². The molecule has 1 saturated heterocycles. The van der Waals surface area contributed by atoms with Gasteiger partial charge in [-0.1, -0.05) is 72.8 Å². The van der Waals surface area contributed by atoms with E-state index in [9.17, 15) is 19.5 Å². The Morgan fingerprint density at radius 2 is 1.62 bits per heavy atom. The van der Waals surface area contributed by atoms with Crippen LogP contribution >= 0.6 is 0 Å². The number of H-pyrrole nitrogens is 1. The predicted octanol–water partition coefficient (Wildman–Crippen LogP) is 3.67. The topological polar surface area (TPSA) is 151 Å². The number of nitrogens with zero attached hydrogens (tertiary/aromatic N) is 2. The SMILES string of the molecule is CCOC(=O)CC[C@@](C)(O)O[C@@H]1C[C@H](n2ncc(=O)[nH]c2=O)O[C@@H]1COC(c1ccccc1)(c1ccccc1)c1ccc(OC)cc1. The Bertz CT molecular complexity index is 1680. The van der Waals surface area contributed by atoms with Crippen molar-refractivity contribution in [2.45, 2.75) is 62.9 Å². The van der Waals surface area contributed by atoms with Gasteiger partial charge in [0.2, 0.25) is 0 Å². The molecule has 248 valence electrons. The Morgan fingerprint density at radius 1 is 1.00 bits per heavy atom. The fourth-order valence-corrected chi connectivity index (χ4v) is 5.77. The van der Waals surface area contributed by atoms with E-state index in [1.54, 1.807) is 14.0 Å². The number of hydrogen-bond acceptors (Lipinski definition) is 10. The number of benzene rings is 3. The molecule has 4 aromatic rings. The van der Waals surface area contributed by atoms with Gasteiger partial charge < -0.3 is 28.8 Å². The van der Waals surface area contributed by atoms with Crippen molar-refractivity contribution >= 4 is 5.97 Å². The minimum Gasteiger partial charge on any atom is -0.497 e. The van der Waals surface area contributed by atoms with E-state index >= 15 is 0 Å². The summed E-state index contributed by atoms with van der Waals surface area (Å²) >= 11 is 0. The molecule has 0 spiro atoms. The summed E-state index contributed by atoms with van der Waals surface area (Å²) in [4.78, 5) is 38.6. The van der Waals surface area contributed by atoms with Crippen LogP contribution in [-0.4, -0.2) is 64.2 Å². The maximum atomic E-state index is 12.7. The number of nitrogens with one attached hydrogen (secondary N) is 1. The van der Waals surface area contributed by atoms with Gasteiger partial charge in [0.25, 0.3) is 5.56 Å². The van der Waals surface area contributed by atoms with E-state index in [1.165, 1.54) is 6.92 Å². The fraction of sp³-hybridized carbons (Fsp3) is 0.371. The largest absolute Gasteiger partial charge is 0.497 e. The number of carbonyl (C=O) groups is 1. The lowest BCUT2D eigenvalue weighted by Crippen LogP contribution is -2.42. The molecule has 12 nitrogen and oxygen atoms in total. The number of ether oxygens (including phenoxy) is 5. The van der Waals surface area contributed by atoms with Crippen LogP contribution in [0.15, 0.2) is 101 Å². The van der Waals surface area contributed by atoms with E-state index in [0.717, 1.165) is 27.6 Å². The van der Waals surface area contributed by atoms with Crippen LogP contribution in [0.1, 0.15) is 56.0 Å². The monoisotopic (exact) mass is 645 g/mol. The van der Waals surface area contributed by atoms with Crippen molar-refractivity contribution in [3.8, 4) is 5.75 Å². The smallest absolute Gasteiger partial charge is 0.347 e.